The van der Waals surface area contributed by atoms with Crippen LogP contribution < -0.4 is 10.6 Å². The molecule has 1 aliphatic rings. The number of amides is 2. The third kappa shape index (κ3) is 4.55. The first-order valence-electron chi connectivity index (χ1n) is 8.60. The number of halogens is 1. The van der Waals surface area contributed by atoms with Gasteiger partial charge in [0, 0.05) is 17.2 Å². The monoisotopic (exact) mass is 378 g/mol. The number of aromatic nitrogens is 2. The number of carbonyl (C=O) groups excluding carboxylic acids is 1. The van der Waals surface area contributed by atoms with Crippen molar-refractivity contribution in [3.63, 3.8) is 0 Å². The number of rotatable bonds is 6. The zero-order chi connectivity index (χ0) is 18.5. The van der Waals surface area contributed by atoms with Gasteiger partial charge in [0.25, 0.3) is 0 Å². The number of ether oxygens (including phenoxy) is 2. The lowest BCUT2D eigenvalue weighted by Crippen LogP contribution is -2.45. The highest BCUT2D eigenvalue weighted by Crippen LogP contribution is 2.18. The minimum Gasteiger partial charge on any atom is -0.376 e. The first kappa shape index (κ1) is 18.7. The fourth-order valence-corrected chi connectivity index (χ4v) is 3.14. The fourth-order valence-electron chi connectivity index (χ4n) is 2.93. The second-order valence-electron chi connectivity index (χ2n) is 6.20. The summed E-state index contributed by atoms with van der Waals surface area (Å²) in [6.45, 7) is 5.85. The van der Waals surface area contributed by atoms with E-state index in [1.165, 1.54) is 0 Å². The summed E-state index contributed by atoms with van der Waals surface area (Å²) in [7, 11) is 0. The van der Waals surface area contributed by atoms with Crippen LogP contribution in [0.25, 0.3) is 0 Å². The summed E-state index contributed by atoms with van der Waals surface area (Å²) in [5.41, 5.74) is 1.89. The van der Waals surface area contributed by atoms with Crippen molar-refractivity contribution in [1.29, 1.82) is 0 Å². The Morgan fingerprint density at radius 3 is 3.08 bits per heavy atom. The molecular weight excluding hydrogens is 356 g/mol. The molecule has 2 atom stereocenters. The predicted molar refractivity (Wildman–Crippen MR) is 99.7 cm³/mol. The molecule has 140 valence electrons. The van der Waals surface area contributed by atoms with Crippen molar-refractivity contribution in [3.8, 4) is 0 Å². The zero-order valence-electron chi connectivity index (χ0n) is 14.9. The maximum atomic E-state index is 12.4. The van der Waals surface area contributed by atoms with Gasteiger partial charge in [-0.25, -0.2) is 9.48 Å². The normalized spacial score (nSPS) is 19.5. The lowest BCUT2D eigenvalue weighted by molar-refractivity contribution is 0.0428. The molecule has 0 aliphatic carbocycles. The molecule has 1 aromatic carbocycles. The van der Waals surface area contributed by atoms with Crippen molar-refractivity contribution in [3.05, 3.63) is 46.6 Å². The number of hydrogen-bond donors (Lipinski definition) is 2. The molecule has 0 bridgehead atoms. The average molecular weight is 379 g/mol. The van der Waals surface area contributed by atoms with Crippen molar-refractivity contribution in [2.75, 3.05) is 25.1 Å². The van der Waals surface area contributed by atoms with E-state index in [2.05, 4.69) is 15.7 Å². The summed E-state index contributed by atoms with van der Waals surface area (Å²) in [5.74, 6) is 0.648. The van der Waals surface area contributed by atoms with Gasteiger partial charge in [0.1, 0.15) is 11.9 Å². The van der Waals surface area contributed by atoms with E-state index in [0.29, 0.717) is 37.2 Å². The van der Waals surface area contributed by atoms with Gasteiger partial charge in [-0.15, -0.1) is 0 Å². The first-order chi connectivity index (χ1) is 12.6. The zero-order valence-corrected chi connectivity index (χ0v) is 15.6. The minimum absolute atomic E-state index is 0.122. The molecule has 26 heavy (non-hydrogen) atoms. The summed E-state index contributed by atoms with van der Waals surface area (Å²) in [4.78, 5) is 12.4. The molecule has 1 aliphatic heterocycles. The average Bonchev–Trinajstić information content (AvgIpc) is 3.17. The molecule has 2 N–H and O–H groups in total. The van der Waals surface area contributed by atoms with E-state index in [-0.39, 0.29) is 18.2 Å². The van der Waals surface area contributed by atoms with Gasteiger partial charge in [0.05, 0.1) is 32.0 Å². The lowest BCUT2D eigenvalue weighted by Gasteiger charge is -2.19. The van der Waals surface area contributed by atoms with Crippen LogP contribution in [-0.4, -0.2) is 47.8 Å². The van der Waals surface area contributed by atoms with E-state index >= 15 is 0 Å². The third-order valence-electron chi connectivity index (χ3n) is 4.20. The smallest absolute Gasteiger partial charge is 0.320 e. The summed E-state index contributed by atoms with van der Waals surface area (Å²) in [6.07, 6.45) is 1.60. The molecule has 0 spiro atoms. The summed E-state index contributed by atoms with van der Waals surface area (Å²) >= 11 is 6.04. The molecule has 2 amide bonds. The number of hydrogen-bond acceptors (Lipinski definition) is 4. The van der Waals surface area contributed by atoms with E-state index in [1.54, 1.807) is 10.9 Å². The summed E-state index contributed by atoms with van der Waals surface area (Å²) in [6, 6.07) is 7.09. The molecule has 1 fully saturated rings. The Labute approximate surface area is 157 Å². The number of anilines is 1. The minimum atomic E-state index is -0.304. The van der Waals surface area contributed by atoms with Gasteiger partial charge < -0.3 is 14.8 Å². The van der Waals surface area contributed by atoms with Gasteiger partial charge >= 0.3 is 6.03 Å². The maximum Gasteiger partial charge on any atom is 0.320 e. The molecule has 3 rings (SSSR count). The fraction of sp³-hybridized carbons (Fsp3) is 0.444. The van der Waals surface area contributed by atoms with E-state index in [9.17, 15) is 4.79 Å². The molecular formula is C18H23ClN4O3. The largest absolute Gasteiger partial charge is 0.376 e. The van der Waals surface area contributed by atoms with E-state index < -0.39 is 0 Å². The number of benzene rings is 1. The van der Waals surface area contributed by atoms with Crippen molar-refractivity contribution in [2.45, 2.75) is 32.5 Å². The Hall–Kier alpha value is -2.09. The van der Waals surface area contributed by atoms with Crippen LogP contribution in [0.15, 0.2) is 30.5 Å². The van der Waals surface area contributed by atoms with E-state index in [0.717, 1.165) is 11.1 Å². The summed E-state index contributed by atoms with van der Waals surface area (Å²) < 4.78 is 12.7. The van der Waals surface area contributed by atoms with Crippen LogP contribution in [0.3, 0.4) is 0 Å². The van der Waals surface area contributed by atoms with Crippen LogP contribution in [0.4, 0.5) is 10.6 Å². The second-order valence-corrected chi connectivity index (χ2v) is 6.64. The van der Waals surface area contributed by atoms with E-state index in [1.807, 2.05) is 38.1 Å². The Balaban J connectivity index is 1.66. The Kier molecular flexibility index (Phi) is 6.13. The third-order valence-corrected chi connectivity index (χ3v) is 4.44. The Morgan fingerprint density at radius 2 is 2.31 bits per heavy atom. The molecule has 8 heteroatoms. The van der Waals surface area contributed by atoms with Crippen molar-refractivity contribution in [2.24, 2.45) is 0 Å². The number of aryl methyl sites for hydroxylation is 1. The topological polar surface area (TPSA) is 77.4 Å². The van der Waals surface area contributed by atoms with Gasteiger partial charge in [-0.3, -0.25) is 5.32 Å². The first-order valence-corrected chi connectivity index (χ1v) is 8.98. The van der Waals surface area contributed by atoms with Gasteiger partial charge in [0.2, 0.25) is 0 Å². The molecule has 1 saturated heterocycles. The Bertz CT molecular complexity index is 765. The quantitative estimate of drug-likeness (QED) is 0.810. The van der Waals surface area contributed by atoms with E-state index in [4.69, 9.17) is 21.1 Å². The highest BCUT2D eigenvalue weighted by Gasteiger charge is 2.30. The summed E-state index contributed by atoms with van der Waals surface area (Å²) in [5, 5.41) is 10.8. The molecule has 0 radical (unpaired) electrons. The van der Waals surface area contributed by atoms with Crippen LogP contribution >= 0.6 is 11.6 Å². The lowest BCUT2D eigenvalue weighted by atomic mass is 10.2. The molecule has 2 aromatic rings. The van der Waals surface area contributed by atoms with Crippen LogP contribution in [-0.2, 0) is 16.0 Å². The van der Waals surface area contributed by atoms with Crippen LogP contribution in [0.2, 0.25) is 5.02 Å². The van der Waals surface area contributed by atoms with Crippen LogP contribution in [0, 0.1) is 6.92 Å². The standard InChI is InChI=1S/C18H23ClN4O3/c1-3-26-16-11-25-10-15(16)21-18(24)22-17-12(2)8-20-23(17)9-13-5-4-6-14(19)7-13/h4-8,15-16H,3,9-11H2,1-2H3,(H2,21,22,24)/t15-,16-/m0/s1. The molecule has 7 nitrogen and oxygen atoms in total. The number of carbonyl (C=O) groups is 1. The SMILES string of the molecule is CCO[C@H]1COC[C@@H]1NC(=O)Nc1c(C)cnn1Cc1cccc(Cl)c1. The maximum absolute atomic E-state index is 12.4. The molecule has 0 unspecified atom stereocenters. The van der Waals surface area contributed by atoms with Crippen LogP contribution in [0.5, 0.6) is 0 Å². The van der Waals surface area contributed by atoms with Crippen molar-refractivity contribution >= 4 is 23.4 Å². The van der Waals surface area contributed by atoms with Gasteiger partial charge in [-0.05, 0) is 31.5 Å². The van der Waals surface area contributed by atoms with Gasteiger partial charge in [0.15, 0.2) is 0 Å². The van der Waals surface area contributed by atoms with Crippen molar-refractivity contribution in [1.82, 2.24) is 15.1 Å². The number of nitrogens with zero attached hydrogens (tertiary/aromatic N) is 2. The van der Waals surface area contributed by atoms with Gasteiger partial charge in [-0.2, -0.15) is 5.10 Å². The second kappa shape index (κ2) is 8.53. The highest BCUT2D eigenvalue weighted by atomic mass is 35.5. The van der Waals surface area contributed by atoms with Crippen molar-refractivity contribution < 1.29 is 14.3 Å². The van der Waals surface area contributed by atoms with Gasteiger partial charge in [-0.1, -0.05) is 23.7 Å². The predicted octanol–water partition coefficient (Wildman–Crippen LogP) is 2.82. The highest BCUT2D eigenvalue weighted by molar-refractivity contribution is 6.30. The number of urea groups is 1. The van der Waals surface area contributed by atoms with Crippen LogP contribution in [0.1, 0.15) is 18.1 Å². The molecule has 0 saturated carbocycles. The number of nitrogens with one attached hydrogen (secondary N) is 2. The molecule has 1 aromatic heterocycles. The Morgan fingerprint density at radius 1 is 1.46 bits per heavy atom. The molecule has 2 heterocycles.